The van der Waals surface area contributed by atoms with E-state index in [0.717, 1.165) is 17.1 Å². The average molecular weight is 852 g/mol. The minimum atomic E-state index is 1.09. The van der Waals surface area contributed by atoms with Crippen LogP contribution in [0.2, 0.25) is 0 Å². The van der Waals surface area contributed by atoms with Crippen LogP contribution in [-0.4, -0.2) is 0 Å². The molecular formula is C66H45N. The zero-order chi connectivity index (χ0) is 44.5. The van der Waals surface area contributed by atoms with Crippen molar-refractivity contribution in [2.45, 2.75) is 0 Å². The molecule has 0 unspecified atom stereocenters. The molecule has 0 aliphatic heterocycles. The highest BCUT2D eigenvalue weighted by Gasteiger charge is 2.17. The third-order valence-electron chi connectivity index (χ3n) is 13.3. The Morgan fingerprint density at radius 2 is 0.552 bits per heavy atom. The largest absolute Gasteiger partial charge is 0.311 e. The summed E-state index contributed by atoms with van der Waals surface area (Å²) in [5.74, 6) is 0. The highest BCUT2D eigenvalue weighted by atomic mass is 15.1. The Kier molecular flexibility index (Phi) is 10.3. The number of rotatable bonds is 9. The van der Waals surface area contributed by atoms with E-state index in [-0.39, 0.29) is 0 Å². The molecule has 1 heteroatoms. The summed E-state index contributed by atoms with van der Waals surface area (Å²) >= 11 is 0. The lowest BCUT2D eigenvalue weighted by molar-refractivity contribution is 1.28. The number of hydrogen-bond donors (Lipinski definition) is 0. The lowest BCUT2D eigenvalue weighted by atomic mass is 9.89. The average Bonchev–Trinajstić information content (AvgIpc) is 3.41. The molecule has 1 nitrogen and oxygen atoms in total. The number of benzene rings is 12. The Bertz CT molecular complexity index is 3700. The molecule has 12 aromatic carbocycles. The SMILES string of the molecule is c1ccc(-c2ccc3ccccc3c2-c2ccc(N(c3ccc(-c4ccc(-c5ccc6ccccc6c5)cc4)cc3)c3ccc(-c4cccc(-c5ccc6ccccc6c5)c4)cc3)cc2)cc1. The number of hydrogen-bond acceptors (Lipinski definition) is 1. The number of nitrogens with zero attached hydrogens (tertiary/aromatic N) is 1. The molecule has 0 saturated carbocycles. The fourth-order valence-electron chi connectivity index (χ4n) is 9.74. The van der Waals surface area contributed by atoms with Crippen LogP contribution in [0.15, 0.2) is 273 Å². The van der Waals surface area contributed by atoms with Crippen LogP contribution in [0.25, 0.3) is 99.1 Å². The highest BCUT2D eigenvalue weighted by Crippen LogP contribution is 2.42. The van der Waals surface area contributed by atoms with Gasteiger partial charge in [-0.25, -0.2) is 0 Å². The molecule has 314 valence electrons. The number of anilines is 3. The maximum absolute atomic E-state index is 2.37. The van der Waals surface area contributed by atoms with E-state index in [9.17, 15) is 0 Å². The minimum Gasteiger partial charge on any atom is -0.311 e. The van der Waals surface area contributed by atoms with Gasteiger partial charge < -0.3 is 4.90 Å². The Morgan fingerprint density at radius 1 is 0.194 bits per heavy atom. The van der Waals surface area contributed by atoms with Crippen LogP contribution in [0, 0.1) is 0 Å². The smallest absolute Gasteiger partial charge is 0.0462 e. The van der Waals surface area contributed by atoms with E-state index in [2.05, 4.69) is 278 Å². The first-order chi connectivity index (χ1) is 33.2. The zero-order valence-corrected chi connectivity index (χ0v) is 36.9. The fourth-order valence-corrected chi connectivity index (χ4v) is 9.74. The monoisotopic (exact) mass is 851 g/mol. The molecule has 0 fully saturated rings. The lowest BCUT2D eigenvalue weighted by Gasteiger charge is -2.26. The van der Waals surface area contributed by atoms with Gasteiger partial charge in [-0.3, -0.25) is 0 Å². The van der Waals surface area contributed by atoms with Crippen molar-refractivity contribution in [2.75, 3.05) is 4.90 Å². The van der Waals surface area contributed by atoms with Crippen LogP contribution >= 0.6 is 0 Å². The summed E-state index contributed by atoms with van der Waals surface area (Å²) < 4.78 is 0. The molecule has 0 aliphatic rings. The molecule has 0 atom stereocenters. The van der Waals surface area contributed by atoms with Crippen molar-refractivity contribution in [3.63, 3.8) is 0 Å². The molecule has 0 aromatic heterocycles. The maximum Gasteiger partial charge on any atom is 0.0462 e. The van der Waals surface area contributed by atoms with Gasteiger partial charge in [0.05, 0.1) is 0 Å². The second-order valence-electron chi connectivity index (χ2n) is 17.3. The van der Waals surface area contributed by atoms with Crippen molar-refractivity contribution in [3.05, 3.63) is 273 Å². The molecule has 0 N–H and O–H groups in total. The third-order valence-corrected chi connectivity index (χ3v) is 13.3. The van der Waals surface area contributed by atoms with Crippen LogP contribution in [0.4, 0.5) is 17.1 Å². The quantitative estimate of drug-likeness (QED) is 0.140. The van der Waals surface area contributed by atoms with Gasteiger partial charge in [-0.15, -0.1) is 0 Å². The predicted octanol–water partition coefficient (Wildman–Crippen LogP) is 18.6. The molecule has 12 aromatic rings. The first-order valence-corrected chi connectivity index (χ1v) is 23.1. The molecule has 0 aliphatic carbocycles. The first kappa shape index (κ1) is 39.8. The molecule has 0 saturated heterocycles. The van der Waals surface area contributed by atoms with Gasteiger partial charge in [0.15, 0.2) is 0 Å². The highest BCUT2D eigenvalue weighted by molar-refractivity contribution is 6.04. The summed E-state index contributed by atoms with van der Waals surface area (Å²) in [4.78, 5) is 2.37. The Labute approximate surface area is 392 Å². The van der Waals surface area contributed by atoms with Gasteiger partial charge >= 0.3 is 0 Å². The van der Waals surface area contributed by atoms with Crippen LogP contribution in [0.3, 0.4) is 0 Å². The standard InChI is InChI=1S/C66H45N/c1-2-13-52(14-3-1)65-42-35-53-15-8-9-20-64(53)66(65)54-33-40-63(41-34-54)67(61-36-29-49(30-37-61)48-21-23-50(24-22-48)59-27-25-46-11-4-6-16-55(46)44-59)62-38-31-51(32-39-62)57-18-10-19-58(43-57)60-28-26-47-12-5-7-17-56(47)45-60/h1-45H. The molecule has 12 rings (SSSR count). The van der Waals surface area contributed by atoms with Crippen LogP contribution in [-0.2, 0) is 0 Å². The second-order valence-corrected chi connectivity index (χ2v) is 17.3. The van der Waals surface area contributed by atoms with Crippen molar-refractivity contribution >= 4 is 49.4 Å². The van der Waals surface area contributed by atoms with Crippen molar-refractivity contribution < 1.29 is 0 Å². The third kappa shape index (κ3) is 7.84. The molecule has 0 radical (unpaired) electrons. The molecule has 0 amide bonds. The van der Waals surface area contributed by atoms with Gasteiger partial charge in [-0.05, 0) is 154 Å². The summed E-state index contributed by atoms with van der Waals surface area (Å²) in [6.07, 6.45) is 0. The zero-order valence-electron chi connectivity index (χ0n) is 36.9. The van der Waals surface area contributed by atoms with Crippen molar-refractivity contribution in [3.8, 4) is 66.8 Å². The van der Waals surface area contributed by atoms with E-state index in [0.29, 0.717) is 0 Å². The summed E-state index contributed by atoms with van der Waals surface area (Å²) in [6, 6.07) is 99.4. The van der Waals surface area contributed by atoms with Crippen molar-refractivity contribution in [1.29, 1.82) is 0 Å². The normalized spacial score (nSPS) is 11.3. The van der Waals surface area contributed by atoms with Gasteiger partial charge in [-0.1, -0.05) is 218 Å². The lowest BCUT2D eigenvalue weighted by Crippen LogP contribution is -2.09. The van der Waals surface area contributed by atoms with Gasteiger partial charge in [0.25, 0.3) is 0 Å². The Hall–Kier alpha value is -8.78. The van der Waals surface area contributed by atoms with Crippen molar-refractivity contribution in [2.24, 2.45) is 0 Å². The van der Waals surface area contributed by atoms with E-state index in [4.69, 9.17) is 0 Å². The Morgan fingerprint density at radius 3 is 1.10 bits per heavy atom. The number of fused-ring (bicyclic) bond motifs is 3. The van der Waals surface area contributed by atoms with E-state index in [1.165, 1.54) is 99.1 Å². The molecule has 0 heterocycles. The Balaban J connectivity index is 0.900. The van der Waals surface area contributed by atoms with Crippen LogP contribution < -0.4 is 4.90 Å². The van der Waals surface area contributed by atoms with Crippen LogP contribution in [0.5, 0.6) is 0 Å². The van der Waals surface area contributed by atoms with Gasteiger partial charge in [0, 0.05) is 17.1 Å². The summed E-state index contributed by atoms with van der Waals surface area (Å²) in [7, 11) is 0. The second kappa shape index (κ2) is 17.3. The predicted molar refractivity (Wildman–Crippen MR) is 286 cm³/mol. The van der Waals surface area contributed by atoms with E-state index < -0.39 is 0 Å². The van der Waals surface area contributed by atoms with E-state index in [1.807, 2.05) is 0 Å². The molecule has 67 heavy (non-hydrogen) atoms. The van der Waals surface area contributed by atoms with Crippen molar-refractivity contribution in [1.82, 2.24) is 0 Å². The van der Waals surface area contributed by atoms with E-state index in [1.54, 1.807) is 0 Å². The summed E-state index contributed by atoms with van der Waals surface area (Å²) in [5.41, 5.74) is 17.7. The topological polar surface area (TPSA) is 3.24 Å². The fraction of sp³-hybridized carbons (Fsp3) is 0. The van der Waals surface area contributed by atoms with Gasteiger partial charge in [0.1, 0.15) is 0 Å². The maximum atomic E-state index is 2.37. The van der Waals surface area contributed by atoms with Crippen LogP contribution in [0.1, 0.15) is 0 Å². The van der Waals surface area contributed by atoms with Gasteiger partial charge in [0.2, 0.25) is 0 Å². The van der Waals surface area contributed by atoms with E-state index >= 15 is 0 Å². The minimum absolute atomic E-state index is 1.09. The molecule has 0 bridgehead atoms. The summed E-state index contributed by atoms with van der Waals surface area (Å²) in [5, 5.41) is 7.49. The first-order valence-electron chi connectivity index (χ1n) is 23.1. The summed E-state index contributed by atoms with van der Waals surface area (Å²) in [6.45, 7) is 0. The van der Waals surface area contributed by atoms with Gasteiger partial charge in [-0.2, -0.15) is 0 Å². The molecular weight excluding hydrogens is 807 g/mol. The molecule has 0 spiro atoms.